The van der Waals surface area contributed by atoms with Gasteiger partial charge in [-0.3, -0.25) is 4.79 Å². The molecule has 4 nitrogen and oxygen atoms in total. The number of esters is 1. The summed E-state index contributed by atoms with van der Waals surface area (Å²) in [6.45, 7) is 1.76. The maximum Gasteiger partial charge on any atom is 0.348 e. The molecule has 0 aliphatic heterocycles. The van der Waals surface area contributed by atoms with Crippen LogP contribution in [0, 0.1) is 18.6 Å². The van der Waals surface area contributed by atoms with Crippen molar-refractivity contribution in [3.8, 4) is 0 Å². The number of ether oxygens (including phenoxy) is 1. The second-order valence-electron chi connectivity index (χ2n) is 5.50. The van der Waals surface area contributed by atoms with Gasteiger partial charge in [0.2, 0.25) is 0 Å². The molecule has 7 heteroatoms. The zero-order valence-corrected chi connectivity index (χ0v) is 14.7. The molecular weight excluding hydrogens is 360 g/mol. The van der Waals surface area contributed by atoms with E-state index in [-0.39, 0.29) is 5.78 Å². The Labute approximate surface area is 151 Å². The third-order valence-electron chi connectivity index (χ3n) is 3.82. The van der Waals surface area contributed by atoms with Crippen LogP contribution in [0.25, 0.3) is 16.3 Å². The number of hydrogen-bond donors (Lipinski definition) is 0. The number of hydrogen-bond acceptors (Lipinski definition) is 5. The molecule has 0 spiro atoms. The van der Waals surface area contributed by atoms with E-state index in [2.05, 4.69) is 4.98 Å². The van der Waals surface area contributed by atoms with Crippen LogP contribution in [0.2, 0.25) is 0 Å². The fourth-order valence-electron chi connectivity index (χ4n) is 2.40. The number of thiophene rings is 1. The number of ketones is 1. The van der Waals surface area contributed by atoms with Crippen molar-refractivity contribution in [3.05, 3.63) is 69.7 Å². The van der Waals surface area contributed by atoms with E-state index in [4.69, 9.17) is 4.74 Å². The summed E-state index contributed by atoms with van der Waals surface area (Å²) < 4.78 is 30.9. The van der Waals surface area contributed by atoms with E-state index < -0.39 is 17.6 Å². The number of fused-ring (bicyclic) bond motifs is 1. The van der Waals surface area contributed by atoms with Gasteiger partial charge in [0.1, 0.15) is 9.71 Å². The molecule has 0 N–H and O–H groups in total. The molecule has 0 amide bonds. The Kier molecular flexibility index (Phi) is 4.90. The monoisotopic (exact) mass is 373 g/mol. The van der Waals surface area contributed by atoms with E-state index in [1.165, 1.54) is 42.9 Å². The lowest BCUT2D eigenvalue weighted by molar-refractivity contribution is 0.0605. The topological polar surface area (TPSA) is 56.3 Å². The van der Waals surface area contributed by atoms with Crippen LogP contribution in [0.3, 0.4) is 0 Å². The van der Waals surface area contributed by atoms with Crippen LogP contribution in [0.4, 0.5) is 8.78 Å². The summed E-state index contributed by atoms with van der Waals surface area (Å²) >= 11 is 1.20. The summed E-state index contributed by atoms with van der Waals surface area (Å²) in [6.07, 6.45) is 4.07. The van der Waals surface area contributed by atoms with Crippen molar-refractivity contribution < 1.29 is 23.1 Å². The number of allylic oxidation sites excluding steroid dienone is 1. The predicted molar refractivity (Wildman–Crippen MR) is 95.4 cm³/mol. The highest BCUT2D eigenvalue weighted by atomic mass is 32.1. The number of pyridine rings is 1. The molecule has 26 heavy (non-hydrogen) atoms. The SMILES string of the molecule is COC(=O)c1sc2ncc(C(=O)/C=C/c3ccc(F)c(F)c3)cc2c1C. The van der Waals surface area contributed by atoms with Gasteiger partial charge in [0.05, 0.1) is 7.11 Å². The van der Waals surface area contributed by atoms with Crippen molar-refractivity contribution >= 4 is 39.4 Å². The zero-order chi connectivity index (χ0) is 18.8. The number of carbonyl (C=O) groups is 2. The molecule has 0 saturated carbocycles. The third-order valence-corrected chi connectivity index (χ3v) is 5.02. The standard InChI is InChI=1S/C19H13F2NO3S/c1-10-13-8-12(9-22-18(13)26-17(10)19(24)25-2)16(23)6-4-11-3-5-14(20)15(21)7-11/h3-9H,1-2H3/b6-4+. The molecule has 0 bridgehead atoms. The average Bonchev–Trinajstić information content (AvgIpc) is 2.98. The minimum atomic E-state index is -0.980. The smallest absolute Gasteiger partial charge is 0.348 e. The zero-order valence-electron chi connectivity index (χ0n) is 13.9. The van der Waals surface area contributed by atoms with Gasteiger partial charge in [0.15, 0.2) is 17.4 Å². The number of methoxy groups -OCH3 is 1. The second-order valence-corrected chi connectivity index (χ2v) is 6.49. The molecule has 0 atom stereocenters. The highest BCUT2D eigenvalue weighted by Gasteiger charge is 2.17. The Morgan fingerprint density at radius 3 is 2.65 bits per heavy atom. The number of aryl methyl sites for hydroxylation is 1. The molecule has 3 rings (SSSR count). The average molecular weight is 373 g/mol. The number of carbonyl (C=O) groups excluding carboxylic acids is 2. The van der Waals surface area contributed by atoms with Crippen molar-refractivity contribution in [1.82, 2.24) is 4.98 Å². The number of benzene rings is 1. The van der Waals surface area contributed by atoms with E-state index in [1.807, 2.05) is 0 Å². The van der Waals surface area contributed by atoms with Crippen LogP contribution in [-0.2, 0) is 4.74 Å². The summed E-state index contributed by atoms with van der Waals surface area (Å²) in [5.41, 5.74) is 1.39. The number of nitrogens with zero attached hydrogens (tertiary/aromatic N) is 1. The summed E-state index contributed by atoms with van der Waals surface area (Å²) in [5.74, 6) is -2.71. The third kappa shape index (κ3) is 3.39. The largest absolute Gasteiger partial charge is 0.465 e. The van der Waals surface area contributed by atoms with E-state index in [9.17, 15) is 18.4 Å². The first-order valence-corrected chi connectivity index (χ1v) is 8.37. The Hall–Kier alpha value is -2.93. The molecule has 0 aliphatic rings. The lowest BCUT2D eigenvalue weighted by Crippen LogP contribution is -1.99. The molecule has 2 heterocycles. The van der Waals surface area contributed by atoms with Crippen molar-refractivity contribution in [3.63, 3.8) is 0 Å². The fraction of sp³-hybridized carbons (Fsp3) is 0.105. The summed E-state index contributed by atoms with van der Waals surface area (Å²) in [5, 5.41) is 0.697. The molecule has 132 valence electrons. The van der Waals surface area contributed by atoms with Gasteiger partial charge in [-0.25, -0.2) is 18.6 Å². The number of rotatable bonds is 4. The van der Waals surface area contributed by atoms with E-state index in [0.717, 1.165) is 12.1 Å². The normalized spacial score (nSPS) is 11.2. The summed E-state index contributed by atoms with van der Waals surface area (Å²) in [6, 6.07) is 5.02. The number of halogens is 2. The molecular formula is C19H13F2NO3S. The predicted octanol–water partition coefficient (Wildman–Crippen LogP) is 4.57. The van der Waals surface area contributed by atoms with Crippen LogP contribution in [0.5, 0.6) is 0 Å². The van der Waals surface area contributed by atoms with E-state index in [1.54, 1.807) is 13.0 Å². The van der Waals surface area contributed by atoms with Gasteiger partial charge in [0, 0.05) is 17.1 Å². The maximum absolute atomic E-state index is 13.2. The van der Waals surface area contributed by atoms with E-state index >= 15 is 0 Å². The van der Waals surface area contributed by atoms with Gasteiger partial charge in [-0.15, -0.1) is 11.3 Å². The Morgan fingerprint density at radius 2 is 1.96 bits per heavy atom. The van der Waals surface area contributed by atoms with Crippen molar-refractivity contribution in [2.24, 2.45) is 0 Å². The number of aromatic nitrogens is 1. The van der Waals surface area contributed by atoms with Gasteiger partial charge in [-0.2, -0.15) is 0 Å². The van der Waals surface area contributed by atoms with Crippen molar-refractivity contribution in [1.29, 1.82) is 0 Å². The van der Waals surface area contributed by atoms with Crippen molar-refractivity contribution in [2.75, 3.05) is 7.11 Å². The first-order valence-electron chi connectivity index (χ1n) is 7.55. The Balaban J connectivity index is 1.90. The highest BCUT2D eigenvalue weighted by molar-refractivity contribution is 7.20. The molecule has 0 aliphatic carbocycles. The van der Waals surface area contributed by atoms with Crippen molar-refractivity contribution in [2.45, 2.75) is 6.92 Å². The van der Waals surface area contributed by atoms with E-state index in [0.29, 0.717) is 31.8 Å². The van der Waals surface area contributed by atoms with Crippen LogP contribution in [0.1, 0.15) is 31.2 Å². The van der Waals surface area contributed by atoms with Crippen LogP contribution < -0.4 is 0 Å². The van der Waals surface area contributed by atoms with Gasteiger partial charge >= 0.3 is 5.97 Å². The van der Waals surface area contributed by atoms with Crippen LogP contribution in [0.15, 0.2) is 36.5 Å². The maximum atomic E-state index is 13.2. The van der Waals surface area contributed by atoms with Gasteiger partial charge in [-0.05, 0) is 42.3 Å². The summed E-state index contributed by atoms with van der Waals surface area (Å²) in [7, 11) is 1.30. The molecule has 0 fully saturated rings. The quantitative estimate of drug-likeness (QED) is 0.382. The Morgan fingerprint density at radius 1 is 1.19 bits per heavy atom. The van der Waals surface area contributed by atoms with Gasteiger partial charge in [0.25, 0.3) is 0 Å². The van der Waals surface area contributed by atoms with Gasteiger partial charge < -0.3 is 4.74 Å². The molecule has 0 radical (unpaired) electrons. The van der Waals surface area contributed by atoms with Crippen LogP contribution in [-0.4, -0.2) is 23.8 Å². The van der Waals surface area contributed by atoms with Crippen LogP contribution >= 0.6 is 11.3 Å². The molecule has 0 saturated heterocycles. The Bertz CT molecular complexity index is 1060. The molecule has 1 aromatic carbocycles. The lowest BCUT2D eigenvalue weighted by atomic mass is 10.1. The second kappa shape index (κ2) is 7.13. The molecule has 0 unspecified atom stereocenters. The fourth-order valence-corrected chi connectivity index (χ4v) is 3.45. The first-order chi connectivity index (χ1) is 12.4. The lowest BCUT2D eigenvalue weighted by Gasteiger charge is -1.99. The minimum Gasteiger partial charge on any atom is -0.465 e. The molecule has 2 aromatic heterocycles. The first kappa shape index (κ1) is 17.9. The van der Waals surface area contributed by atoms with Gasteiger partial charge in [-0.1, -0.05) is 12.1 Å². The minimum absolute atomic E-state index is 0.327. The molecule has 3 aromatic rings. The highest BCUT2D eigenvalue weighted by Crippen LogP contribution is 2.30. The summed E-state index contributed by atoms with van der Waals surface area (Å²) in [4.78, 5) is 29.4.